The Morgan fingerprint density at radius 1 is 0.800 bits per heavy atom. The van der Waals surface area contributed by atoms with Gasteiger partial charge in [0.2, 0.25) is 0 Å². The molecule has 188 valence electrons. The topological polar surface area (TPSA) is 0 Å². The zero-order valence-corrected chi connectivity index (χ0v) is 27.6. The molecule has 0 spiro atoms. The molecule has 0 radical (unpaired) electrons. The van der Waals surface area contributed by atoms with E-state index < -0.39 is 20.4 Å². The monoisotopic (exact) mass is 602 g/mol. The van der Waals surface area contributed by atoms with Crippen LogP contribution in [0.15, 0.2) is 74.1 Å². The van der Waals surface area contributed by atoms with Gasteiger partial charge in [-0.05, 0) is 0 Å². The average Bonchev–Trinajstić information content (AvgIpc) is 3.25. The maximum Gasteiger partial charge on any atom is -0.147 e. The summed E-state index contributed by atoms with van der Waals surface area (Å²) in [5, 5.41) is 0. The average molecular weight is 605 g/mol. The van der Waals surface area contributed by atoms with Crippen molar-refractivity contribution in [2.75, 3.05) is 0 Å². The van der Waals surface area contributed by atoms with Crippen molar-refractivity contribution in [3.63, 3.8) is 0 Å². The van der Waals surface area contributed by atoms with Gasteiger partial charge in [0.05, 0.1) is 0 Å². The van der Waals surface area contributed by atoms with E-state index >= 15 is 0 Å². The summed E-state index contributed by atoms with van der Waals surface area (Å²) in [6, 6.07) is 21.2. The molecule has 0 saturated carbocycles. The molecule has 4 heteroatoms. The summed E-state index contributed by atoms with van der Waals surface area (Å²) in [4.78, 5) is 0. The first kappa shape index (κ1) is 30.6. The fourth-order valence-corrected chi connectivity index (χ4v) is 33.7. The van der Waals surface area contributed by atoms with Gasteiger partial charge in [-0.3, -0.25) is 0 Å². The first-order chi connectivity index (χ1) is 15.9. The van der Waals surface area contributed by atoms with Crippen LogP contribution in [0, 0.1) is 5.92 Å². The molecule has 0 N–H and O–H groups in total. The molecule has 2 unspecified atom stereocenters. The van der Waals surface area contributed by atoms with Gasteiger partial charge in [0.1, 0.15) is 0 Å². The molecule has 0 heterocycles. The van der Waals surface area contributed by atoms with E-state index in [2.05, 4.69) is 103 Å². The van der Waals surface area contributed by atoms with Gasteiger partial charge in [0, 0.05) is 0 Å². The number of allylic oxidation sites excluding steroid dienone is 5. The summed E-state index contributed by atoms with van der Waals surface area (Å²) in [5.74, 6) is 0.669. The van der Waals surface area contributed by atoms with Crippen LogP contribution in [-0.4, -0.2) is 5.43 Å². The van der Waals surface area contributed by atoms with Crippen molar-refractivity contribution >= 4 is 36.3 Å². The van der Waals surface area contributed by atoms with Gasteiger partial charge in [0.15, 0.2) is 0 Å². The molecule has 2 aliphatic carbocycles. The van der Waals surface area contributed by atoms with E-state index in [0.717, 1.165) is 3.63 Å². The van der Waals surface area contributed by atoms with Crippen LogP contribution >= 0.6 is 24.8 Å². The van der Waals surface area contributed by atoms with Gasteiger partial charge in [-0.15, -0.1) is 24.8 Å². The standard InChI is InChI=1S/C16H13.C9H13.C6H14Si.2ClH.Zr/c1-12-10-14-8-5-9-15(16(14)11-12)13-6-3-2-4-7-13;1-6-5-7(2)9(4)8(6)3;1-3-5-7-6-4-2;;;/h2-11H,1H3;6H,1-4H3;3-6H2,1-2H3;2*1H;. The molecule has 2 aliphatic rings. The van der Waals surface area contributed by atoms with E-state index in [-0.39, 0.29) is 30.2 Å². The van der Waals surface area contributed by atoms with Crippen LogP contribution in [0.25, 0.3) is 17.2 Å². The zero-order valence-electron chi connectivity index (χ0n) is 22.5. The summed E-state index contributed by atoms with van der Waals surface area (Å²) in [6.07, 6.45) is 5.29. The fraction of sp³-hybridized carbons (Fsp3) is 0.419. The summed E-state index contributed by atoms with van der Waals surface area (Å²) in [5.41, 5.74) is 12.2. The number of benzene rings is 2. The van der Waals surface area contributed by atoms with E-state index in [1.807, 2.05) is 3.28 Å². The normalized spacial score (nSPS) is 18.7. The van der Waals surface area contributed by atoms with Crippen molar-refractivity contribution in [1.29, 1.82) is 0 Å². The van der Waals surface area contributed by atoms with Gasteiger partial charge < -0.3 is 0 Å². The van der Waals surface area contributed by atoms with Crippen molar-refractivity contribution in [3.8, 4) is 11.1 Å². The molecule has 0 aromatic heterocycles. The molecule has 2 aromatic carbocycles. The molecular formula is C31H42Cl2SiZr. The summed E-state index contributed by atoms with van der Waals surface area (Å²) in [6.45, 7) is 17.1. The van der Waals surface area contributed by atoms with Crippen LogP contribution in [0.5, 0.6) is 0 Å². The van der Waals surface area contributed by atoms with Crippen LogP contribution in [0.3, 0.4) is 0 Å². The van der Waals surface area contributed by atoms with Gasteiger partial charge >= 0.3 is 211 Å². The van der Waals surface area contributed by atoms with Crippen molar-refractivity contribution in [1.82, 2.24) is 0 Å². The second-order valence-corrected chi connectivity index (χ2v) is 25.5. The van der Waals surface area contributed by atoms with Crippen molar-refractivity contribution < 1.29 is 20.4 Å². The molecule has 2 atom stereocenters. The Bertz CT molecular complexity index is 1180. The van der Waals surface area contributed by atoms with Crippen molar-refractivity contribution in [2.24, 2.45) is 5.92 Å². The summed E-state index contributed by atoms with van der Waals surface area (Å²) >= 11 is -2.01. The maximum absolute atomic E-state index is 2.57. The van der Waals surface area contributed by atoms with E-state index in [9.17, 15) is 0 Å². The Morgan fingerprint density at radius 3 is 1.97 bits per heavy atom. The zero-order chi connectivity index (χ0) is 23.7. The SMILES string of the molecule is CCC[Si](CCC)=[Zr]([C]1=C(C)C(C)=C(C)C1C)[CH]1C(C)=Cc2c(-c3ccccc3)cccc21.Cl.Cl. The van der Waals surface area contributed by atoms with Gasteiger partial charge in [-0.25, -0.2) is 0 Å². The third kappa shape index (κ3) is 5.77. The van der Waals surface area contributed by atoms with Crippen molar-refractivity contribution in [2.45, 2.75) is 77.0 Å². The van der Waals surface area contributed by atoms with Crippen molar-refractivity contribution in [3.05, 3.63) is 85.2 Å². The third-order valence-corrected chi connectivity index (χ3v) is 30.4. The largest absolute Gasteiger partial charge is 0.147 e. The third-order valence-electron chi connectivity index (χ3n) is 8.07. The molecule has 0 saturated heterocycles. The molecule has 0 bridgehead atoms. The Labute approximate surface area is 234 Å². The number of hydrogen-bond acceptors (Lipinski definition) is 0. The van der Waals surface area contributed by atoms with Crippen LogP contribution in [0.2, 0.25) is 12.1 Å². The molecule has 35 heavy (non-hydrogen) atoms. The number of rotatable bonds is 7. The van der Waals surface area contributed by atoms with E-state index in [4.69, 9.17) is 0 Å². The Kier molecular flexibility index (Phi) is 11.6. The summed E-state index contributed by atoms with van der Waals surface area (Å²) in [7, 11) is 0. The van der Waals surface area contributed by atoms with Gasteiger partial charge in [-0.2, -0.15) is 0 Å². The van der Waals surface area contributed by atoms with E-state index in [0.29, 0.717) is 5.92 Å². The minimum atomic E-state index is -2.01. The maximum atomic E-state index is 2.57. The molecular weight excluding hydrogens is 563 g/mol. The first-order valence-corrected chi connectivity index (χ1v) is 21.1. The van der Waals surface area contributed by atoms with Crippen LogP contribution < -0.4 is 0 Å². The Hall–Kier alpha value is -0.660. The Morgan fingerprint density at radius 2 is 1.43 bits per heavy atom. The molecule has 2 aromatic rings. The molecule has 0 amide bonds. The number of hydrogen-bond donors (Lipinski definition) is 0. The second kappa shape index (κ2) is 13.2. The minimum absolute atomic E-state index is 0. The smallest absolute Gasteiger partial charge is 0.147 e. The van der Waals surface area contributed by atoms with E-state index in [1.165, 1.54) is 41.6 Å². The minimum Gasteiger partial charge on any atom is -0.147 e. The van der Waals surface area contributed by atoms with Gasteiger partial charge in [0.25, 0.3) is 0 Å². The molecule has 0 nitrogen and oxygen atoms in total. The van der Waals surface area contributed by atoms with Crippen LogP contribution in [0.1, 0.15) is 76.1 Å². The molecule has 0 aliphatic heterocycles. The Balaban J connectivity index is 0.00000216. The molecule has 4 rings (SSSR count). The fourth-order valence-electron chi connectivity index (χ4n) is 6.15. The van der Waals surface area contributed by atoms with Crippen LogP contribution in [0.4, 0.5) is 0 Å². The van der Waals surface area contributed by atoms with Gasteiger partial charge in [-0.1, -0.05) is 0 Å². The predicted octanol–water partition coefficient (Wildman–Crippen LogP) is 10.3. The predicted molar refractivity (Wildman–Crippen MR) is 159 cm³/mol. The first-order valence-electron chi connectivity index (χ1n) is 12.9. The quantitative estimate of drug-likeness (QED) is 0.276. The summed E-state index contributed by atoms with van der Waals surface area (Å²) < 4.78 is 2.70. The molecule has 0 fully saturated rings. The van der Waals surface area contributed by atoms with Crippen LogP contribution in [-0.2, 0) is 20.4 Å². The van der Waals surface area contributed by atoms with E-state index in [1.54, 1.807) is 27.9 Å². The number of halogens is 2. The number of fused-ring (bicyclic) bond motifs is 1. The second-order valence-electron chi connectivity index (χ2n) is 10.1.